The van der Waals surface area contributed by atoms with Crippen LogP contribution in [0.2, 0.25) is 0 Å². The van der Waals surface area contributed by atoms with Crippen LogP contribution in [0.5, 0.6) is 5.75 Å². The van der Waals surface area contributed by atoms with E-state index in [1.165, 1.54) is 18.2 Å². The highest BCUT2D eigenvalue weighted by Gasteiger charge is 2.31. The first kappa shape index (κ1) is 17.7. The average Bonchev–Trinajstić information content (AvgIpc) is 3.30. The summed E-state index contributed by atoms with van der Waals surface area (Å²) in [5.74, 6) is -0.292. The Hall–Kier alpha value is -2.66. The lowest BCUT2D eigenvalue weighted by molar-refractivity contribution is -0.274. The molecule has 4 aromatic rings. The summed E-state index contributed by atoms with van der Waals surface area (Å²) in [6.07, 6.45) is -2.91. The number of benzene rings is 1. The van der Waals surface area contributed by atoms with Crippen LogP contribution in [0.25, 0.3) is 21.5 Å². The number of thiophene rings is 1. The van der Waals surface area contributed by atoms with Crippen molar-refractivity contribution in [2.45, 2.75) is 19.5 Å². The van der Waals surface area contributed by atoms with Crippen LogP contribution >= 0.6 is 22.7 Å². The van der Waals surface area contributed by atoms with Gasteiger partial charge in [-0.3, -0.25) is 10.1 Å². The van der Waals surface area contributed by atoms with E-state index in [2.05, 4.69) is 15.0 Å². The molecule has 0 atom stereocenters. The van der Waals surface area contributed by atoms with Crippen LogP contribution in [-0.2, 0) is 13.1 Å². The monoisotopic (exact) mass is 411 g/mol. The summed E-state index contributed by atoms with van der Waals surface area (Å²) >= 11 is 2.67. The van der Waals surface area contributed by atoms with Crippen LogP contribution in [0.1, 0.15) is 0 Å². The van der Waals surface area contributed by atoms with Gasteiger partial charge in [0.05, 0.1) is 23.0 Å². The molecule has 27 heavy (non-hydrogen) atoms. The quantitative estimate of drug-likeness (QED) is 0.538. The Morgan fingerprint density at radius 2 is 2.04 bits per heavy atom. The first-order chi connectivity index (χ1) is 12.9. The summed E-state index contributed by atoms with van der Waals surface area (Å²) in [5, 5.41) is 20.3. The van der Waals surface area contributed by atoms with Gasteiger partial charge in [0, 0.05) is 17.5 Å². The number of hydrogen-bond acceptors (Lipinski definition) is 6. The lowest BCUT2D eigenvalue weighted by Crippen LogP contribution is -2.17. The Labute approximate surface area is 158 Å². The van der Waals surface area contributed by atoms with Gasteiger partial charge in [-0.25, -0.2) is 0 Å². The molecule has 0 radical (unpaired) electrons. The zero-order valence-corrected chi connectivity index (χ0v) is 15.2. The number of nitrogens with zero attached hydrogens (tertiary/aromatic N) is 4. The van der Waals surface area contributed by atoms with Crippen LogP contribution in [0.3, 0.4) is 0 Å². The molecule has 0 fully saturated rings. The standard InChI is InChI=1S/C16H12F3N5OS2/c17-16(18,19)25-11-1-2-13-14(7-11)27-15(20)24(13)5-4-23-8-12(21-22-23)10-3-6-26-9-10/h1-3,6-9,20H,4-5H2. The van der Waals surface area contributed by atoms with Gasteiger partial charge in [0.2, 0.25) is 0 Å². The number of aromatic nitrogens is 4. The molecule has 3 aromatic heterocycles. The highest BCUT2D eigenvalue weighted by atomic mass is 32.1. The Morgan fingerprint density at radius 3 is 2.78 bits per heavy atom. The van der Waals surface area contributed by atoms with E-state index in [-0.39, 0.29) is 10.6 Å². The minimum atomic E-state index is -4.74. The van der Waals surface area contributed by atoms with Gasteiger partial charge in [-0.15, -0.1) is 18.3 Å². The number of alkyl halides is 3. The summed E-state index contributed by atoms with van der Waals surface area (Å²) in [6, 6.07) is 6.04. The molecule has 0 saturated heterocycles. The number of rotatable bonds is 5. The summed E-state index contributed by atoms with van der Waals surface area (Å²) in [5.41, 5.74) is 2.45. The Kier molecular flexibility index (Phi) is 4.48. The zero-order chi connectivity index (χ0) is 19.0. The van der Waals surface area contributed by atoms with Crippen LogP contribution in [0.4, 0.5) is 13.2 Å². The molecule has 0 aliphatic carbocycles. The van der Waals surface area contributed by atoms with E-state index in [0.717, 1.165) is 22.6 Å². The van der Waals surface area contributed by atoms with Crippen molar-refractivity contribution < 1.29 is 17.9 Å². The molecule has 11 heteroatoms. The van der Waals surface area contributed by atoms with Crippen molar-refractivity contribution in [1.82, 2.24) is 19.6 Å². The molecule has 1 aromatic carbocycles. The van der Waals surface area contributed by atoms with Crippen LogP contribution < -0.4 is 9.54 Å². The van der Waals surface area contributed by atoms with Crippen LogP contribution in [0.15, 0.2) is 41.2 Å². The number of nitrogens with one attached hydrogen (secondary N) is 1. The summed E-state index contributed by atoms with van der Waals surface area (Å²) in [7, 11) is 0. The molecule has 0 aliphatic heterocycles. The van der Waals surface area contributed by atoms with Gasteiger partial charge < -0.3 is 9.30 Å². The first-order valence-corrected chi connectivity index (χ1v) is 9.51. The van der Waals surface area contributed by atoms with Gasteiger partial charge in [0.25, 0.3) is 0 Å². The SMILES string of the molecule is N=c1sc2cc(OC(F)(F)F)ccc2n1CCn1cc(-c2ccsc2)nn1. The molecule has 4 rings (SSSR count). The number of halogens is 3. The van der Waals surface area contributed by atoms with Crippen molar-refractivity contribution in [2.75, 3.05) is 0 Å². The number of hydrogen-bond donors (Lipinski definition) is 1. The Morgan fingerprint density at radius 1 is 1.19 bits per heavy atom. The van der Waals surface area contributed by atoms with Crippen molar-refractivity contribution in [2.24, 2.45) is 0 Å². The fraction of sp³-hybridized carbons (Fsp3) is 0.188. The average molecular weight is 411 g/mol. The lowest BCUT2D eigenvalue weighted by atomic mass is 10.3. The molecular weight excluding hydrogens is 399 g/mol. The smallest absolute Gasteiger partial charge is 0.406 e. The van der Waals surface area contributed by atoms with Crippen molar-refractivity contribution in [3.63, 3.8) is 0 Å². The van der Waals surface area contributed by atoms with E-state index in [4.69, 9.17) is 5.41 Å². The van der Waals surface area contributed by atoms with Gasteiger partial charge in [-0.05, 0) is 29.6 Å². The van der Waals surface area contributed by atoms with E-state index in [1.54, 1.807) is 20.6 Å². The highest BCUT2D eigenvalue weighted by molar-refractivity contribution is 7.16. The fourth-order valence-corrected chi connectivity index (χ4v) is 4.26. The molecule has 0 unspecified atom stereocenters. The van der Waals surface area contributed by atoms with E-state index in [0.29, 0.717) is 23.3 Å². The number of fused-ring (bicyclic) bond motifs is 1. The van der Waals surface area contributed by atoms with Gasteiger partial charge >= 0.3 is 6.36 Å². The number of aryl methyl sites for hydroxylation is 2. The highest BCUT2D eigenvalue weighted by Crippen LogP contribution is 2.28. The molecule has 140 valence electrons. The molecule has 0 spiro atoms. The minimum absolute atomic E-state index is 0.243. The third kappa shape index (κ3) is 3.88. The first-order valence-electron chi connectivity index (χ1n) is 7.75. The van der Waals surface area contributed by atoms with Crippen LogP contribution in [-0.4, -0.2) is 25.9 Å². The van der Waals surface area contributed by atoms with Gasteiger partial charge in [0.15, 0.2) is 4.80 Å². The second-order valence-electron chi connectivity index (χ2n) is 5.62. The van der Waals surface area contributed by atoms with E-state index in [1.807, 2.05) is 23.0 Å². The second-order valence-corrected chi connectivity index (χ2v) is 7.43. The summed E-state index contributed by atoms with van der Waals surface area (Å²) < 4.78 is 45.0. The summed E-state index contributed by atoms with van der Waals surface area (Å²) in [6.45, 7) is 0.936. The fourth-order valence-electron chi connectivity index (χ4n) is 2.64. The third-order valence-electron chi connectivity index (χ3n) is 3.82. The molecule has 0 amide bonds. The normalized spacial score (nSPS) is 12.0. The molecule has 0 bridgehead atoms. The zero-order valence-electron chi connectivity index (χ0n) is 13.6. The maximum atomic E-state index is 12.4. The van der Waals surface area contributed by atoms with Crippen molar-refractivity contribution >= 4 is 32.9 Å². The van der Waals surface area contributed by atoms with Crippen molar-refractivity contribution in [3.05, 3.63) is 46.0 Å². The maximum Gasteiger partial charge on any atom is 0.573 e. The van der Waals surface area contributed by atoms with Gasteiger partial charge in [0.1, 0.15) is 11.4 Å². The van der Waals surface area contributed by atoms with E-state index < -0.39 is 6.36 Å². The van der Waals surface area contributed by atoms with Gasteiger partial charge in [-0.2, -0.15) is 11.3 Å². The van der Waals surface area contributed by atoms with Crippen LogP contribution in [0, 0.1) is 5.41 Å². The Bertz CT molecular complexity index is 1130. The number of thiazole rings is 1. The predicted molar refractivity (Wildman–Crippen MR) is 95.7 cm³/mol. The van der Waals surface area contributed by atoms with E-state index >= 15 is 0 Å². The third-order valence-corrected chi connectivity index (χ3v) is 5.46. The molecule has 3 heterocycles. The molecule has 1 N–H and O–H groups in total. The van der Waals surface area contributed by atoms with Crippen molar-refractivity contribution in [1.29, 1.82) is 5.41 Å². The lowest BCUT2D eigenvalue weighted by Gasteiger charge is -2.09. The minimum Gasteiger partial charge on any atom is -0.406 e. The molecule has 0 aliphatic rings. The van der Waals surface area contributed by atoms with Gasteiger partial charge in [-0.1, -0.05) is 16.6 Å². The molecular formula is C16H12F3N5OS2. The Balaban J connectivity index is 1.54. The topological polar surface area (TPSA) is 68.7 Å². The number of ether oxygens (including phenoxy) is 1. The predicted octanol–water partition coefficient (Wildman–Crippen LogP) is 4.10. The largest absolute Gasteiger partial charge is 0.573 e. The maximum absolute atomic E-state index is 12.4. The molecule has 0 saturated carbocycles. The van der Waals surface area contributed by atoms with Crippen molar-refractivity contribution in [3.8, 4) is 17.0 Å². The summed E-state index contributed by atoms with van der Waals surface area (Å²) in [4.78, 5) is 0.243. The van der Waals surface area contributed by atoms with E-state index in [9.17, 15) is 13.2 Å². The molecule has 6 nitrogen and oxygen atoms in total. The second kappa shape index (κ2) is 6.82.